The number of carbonyl (C=O) groups excluding carboxylic acids is 1. The van der Waals surface area contributed by atoms with Crippen LogP contribution in [-0.4, -0.2) is 47.0 Å². The van der Waals surface area contributed by atoms with Crippen LogP contribution < -0.4 is 0 Å². The molecule has 2 aromatic rings. The number of amides is 1. The zero-order valence-electron chi connectivity index (χ0n) is 14.3. The summed E-state index contributed by atoms with van der Waals surface area (Å²) >= 11 is 5.89. The predicted molar refractivity (Wildman–Crippen MR) is 95.7 cm³/mol. The minimum Gasteiger partial charge on any atom is -0.507 e. The third kappa shape index (κ3) is 4.73. The minimum atomic E-state index is -4.34. The minimum absolute atomic E-state index is 0.114. The fourth-order valence-corrected chi connectivity index (χ4v) is 3.19. The Labute approximate surface area is 159 Å². The van der Waals surface area contributed by atoms with Gasteiger partial charge in [-0.15, -0.1) is 0 Å². The first-order chi connectivity index (χ1) is 12.7. The summed E-state index contributed by atoms with van der Waals surface area (Å²) in [5, 5.41) is 10.2. The number of hydrogen-bond acceptors (Lipinski definition) is 3. The highest BCUT2D eigenvalue weighted by Crippen LogP contribution is 2.29. The Balaban J connectivity index is 1.57. The summed E-state index contributed by atoms with van der Waals surface area (Å²) in [5.74, 6) is -0.402. The molecule has 2 aromatic carbocycles. The zero-order chi connectivity index (χ0) is 19.6. The molecule has 1 fully saturated rings. The lowest BCUT2D eigenvalue weighted by Crippen LogP contribution is -2.48. The maximum atomic E-state index is 12.6. The first-order valence-corrected chi connectivity index (χ1v) is 8.78. The molecule has 8 heteroatoms. The van der Waals surface area contributed by atoms with Crippen molar-refractivity contribution in [1.82, 2.24) is 9.80 Å². The van der Waals surface area contributed by atoms with Gasteiger partial charge in [0.1, 0.15) is 5.75 Å². The Hall–Kier alpha value is -2.25. The van der Waals surface area contributed by atoms with E-state index in [-0.39, 0.29) is 17.2 Å². The summed E-state index contributed by atoms with van der Waals surface area (Å²) in [5.41, 5.74) is 0.289. The number of rotatable bonds is 3. The number of halogens is 4. The van der Waals surface area contributed by atoms with Crippen LogP contribution >= 0.6 is 11.6 Å². The number of nitrogens with zero attached hydrogens (tertiary/aromatic N) is 2. The summed E-state index contributed by atoms with van der Waals surface area (Å²) < 4.78 is 37.8. The van der Waals surface area contributed by atoms with Gasteiger partial charge in [-0.1, -0.05) is 23.7 Å². The van der Waals surface area contributed by atoms with E-state index < -0.39 is 11.7 Å². The summed E-state index contributed by atoms with van der Waals surface area (Å²) in [6, 6.07) is 9.45. The van der Waals surface area contributed by atoms with E-state index >= 15 is 0 Å². The Morgan fingerprint density at radius 2 is 1.67 bits per heavy atom. The second-order valence-electron chi connectivity index (χ2n) is 6.42. The van der Waals surface area contributed by atoms with Gasteiger partial charge in [-0.3, -0.25) is 9.69 Å². The highest BCUT2D eigenvalue weighted by atomic mass is 35.5. The van der Waals surface area contributed by atoms with Gasteiger partial charge in [-0.25, -0.2) is 0 Å². The second kappa shape index (κ2) is 7.78. The van der Waals surface area contributed by atoms with Crippen molar-refractivity contribution in [1.29, 1.82) is 0 Å². The number of phenolic OH excluding ortho intramolecular Hbond substituents is 1. The molecule has 0 aromatic heterocycles. The van der Waals surface area contributed by atoms with E-state index in [1.807, 2.05) is 0 Å². The van der Waals surface area contributed by atoms with Crippen LogP contribution in [0.4, 0.5) is 13.2 Å². The third-order valence-electron chi connectivity index (χ3n) is 4.54. The highest BCUT2D eigenvalue weighted by Gasteiger charge is 2.30. The predicted octanol–water partition coefficient (Wildman–Crippen LogP) is 4.02. The molecule has 0 radical (unpaired) electrons. The van der Waals surface area contributed by atoms with Crippen LogP contribution in [0.3, 0.4) is 0 Å². The topological polar surface area (TPSA) is 43.8 Å². The van der Waals surface area contributed by atoms with Gasteiger partial charge in [-0.2, -0.15) is 13.2 Å². The van der Waals surface area contributed by atoms with Crippen molar-refractivity contribution in [2.75, 3.05) is 26.2 Å². The molecule has 1 aliphatic rings. The average Bonchev–Trinajstić information content (AvgIpc) is 2.63. The van der Waals surface area contributed by atoms with Gasteiger partial charge in [0.15, 0.2) is 0 Å². The third-order valence-corrected chi connectivity index (χ3v) is 4.77. The molecule has 1 aliphatic heterocycles. The molecule has 0 atom stereocenters. The van der Waals surface area contributed by atoms with Gasteiger partial charge in [0.2, 0.25) is 0 Å². The van der Waals surface area contributed by atoms with Crippen molar-refractivity contribution in [3.05, 3.63) is 64.2 Å². The van der Waals surface area contributed by atoms with E-state index in [4.69, 9.17) is 11.6 Å². The van der Waals surface area contributed by atoms with Gasteiger partial charge in [0.25, 0.3) is 5.91 Å². The molecule has 0 bridgehead atoms. The highest BCUT2D eigenvalue weighted by molar-refractivity contribution is 6.31. The summed E-state index contributed by atoms with van der Waals surface area (Å²) in [4.78, 5) is 16.3. The molecule has 0 aliphatic carbocycles. The summed E-state index contributed by atoms with van der Waals surface area (Å²) in [6.07, 6.45) is -4.34. The van der Waals surface area contributed by atoms with E-state index in [1.165, 1.54) is 30.3 Å². The molecule has 27 heavy (non-hydrogen) atoms. The number of alkyl halides is 3. The molecule has 144 valence electrons. The van der Waals surface area contributed by atoms with Gasteiger partial charge in [-0.05, 0) is 35.9 Å². The molecule has 0 unspecified atom stereocenters. The molecular weight excluding hydrogens is 381 g/mol. The van der Waals surface area contributed by atoms with E-state index in [1.54, 1.807) is 4.90 Å². The van der Waals surface area contributed by atoms with Crippen molar-refractivity contribution in [3.8, 4) is 5.75 Å². The first-order valence-electron chi connectivity index (χ1n) is 8.40. The summed E-state index contributed by atoms with van der Waals surface area (Å²) in [6.45, 7) is 2.63. The fraction of sp³-hybridized carbons (Fsp3) is 0.316. The normalized spacial score (nSPS) is 15.8. The molecular formula is C19H18ClF3N2O2. The van der Waals surface area contributed by atoms with Crippen molar-refractivity contribution < 1.29 is 23.1 Å². The largest absolute Gasteiger partial charge is 0.507 e. The van der Waals surface area contributed by atoms with E-state index in [0.29, 0.717) is 37.7 Å². The monoisotopic (exact) mass is 398 g/mol. The van der Waals surface area contributed by atoms with Crippen LogP contribution in [0.1, 0.15) is 21.5 Å². The Bertz CT molecular complexity index is 817. The number of aromatic hydroxyl groups is 1. The quantitative estimate of drug-likeness (QED) is 0.849. The molecule has 0 saturated carbocycles. The van der Waals surface area contributed by atoms with Crippen molar-refractivity contribution >= 4 is 17.5 Å². The van der Waals surface area contributed by atoms with Crippen LogP contribution in [0.2, 0.25) is 5.02 Å². The zero-order valence-corrected chi connectivity index (χ0v) is 15.1. The second-order valence-corrected chi connectivity index (χ2v) is 6.86. The molecule has 1 heterocycles. The lowest BCUT2D eigenvalue weighted by atomic mass is 10.1. The number of benzene rings is 2. The molecule has 0 spiro atoms. The van der Waals surface area contributed by atoms with Gasteiger partial charge in [0.05, 0.1) is 11.1 Å². The van der Waals surface area contributed by atoms with Gasteiger partial charge < -0.3 is 10.0 Å². The lowest BCUT2D eigenvalue weighted by molar-refractivity contribution is -0.137. The molecule has 1 N–H and O–H groups in total. The van der Waals surface area contributed by atoms with Crippen molar-refractivity contribution in [2.45, 2.75) is 12.7 Å². The standard InChI is InChI=1S/C19H18ClF3N2O2/c20-15-5-6-17(26)16(11-15)18(27)25-9-7-24(8-10-25)12-13-1-3-14(4-2-13)19(21,22)23/h1-6,11,26H,7-10,12H2. The van der Waals surface area contributed by atoms with Gasteiger partial charge >= 0.3 is 6.18 Å². The van der Waals surface area contributed by atoms with Crippen molar-refractivity contribution in [3.63, 3.8) is 0 Å². The Morgan fingerprint density at radius 3 is 2.26 bits per heavy atom. The summed E-state index contributed by atoms with van der Waals surface area (Å²) in [7, 11) is 0. The van der Waals surface area contributed by atoms with E-state index in [9.17, 15) is 23.1 Å². The average molecular weight is 399 g/mol. The number of piperazine rings is 1. The van der Waals surface area contributed by atoms with Crippen LogP contribution in [0.5, 0.6) is 5.75 Å². The molecule has 3 rings (SSSR count). The first kappa shape index (κ1) is 19.5. The van der Waals surface area contributed by atoms with Gasteiger partial charge in [0, 0.05) is 37.7 Å². The maximum Gasteiger partial charge on any atom is 0.416 e. The number of hydrogen-bond donors (Lipinski definition) is 1. The van der Waals surface area contributed by atoms with Crippen LogP contribution in [0.25, 0.3) is 0 Å². The molecule has 1 saturated heterocycles. The van der Waals surface area contributed by atoms with Crippen LogP contribution in [0.15, 0.2) is 42.5 Å². The molecule has 4 nitrogen and oxygen atoms in total. The maximum absolute atomic E-state index is 12.6. The van der Waals surface area contributed by atoms with E-state index in [0.717, 1.165) is 17.7 Å². The van der Waals surface area contributed by atoms with Crippen molar-refractivity contribution in [2.24, 2.45) is 0 Å². The fourth-order valence-electron chi connectivity index (χ4n) is 3.02. The van der Waals surface area contributed by atoms with Crippen LogP contribution in [-0.2, 0) is 12.7 Å². The smallest absolute Gasteiger partial charge is 0.416 e. The lowest BCUT2D eigenvalue weighted by Gasteiger charge is -2.35. The molecule has 1 amide bonds. The van der Waals surface area contributed by atoms with E-state index in [2.05, 4.69) is 4.90 Å². The SMILES string of the molecule is O=C(c1cc(Cl)ccc1O)N1CCN(Cc2ccc(C(F)(F)F)cc2)CC1. The number of carbonyl (C=O) groups is 1. The number of phenols is 1. The Morgan fingerprint density at radius 1 is 1.04 bits per heavy atom. The van der Waals surface area contributed by atoms with Crippen LogP contribution in [0, 0.1) is 0 Å². The Kier molecular flexibility index (Phi) is 5.62.